The second kappa shape index (κ2) is 12.2. The first-order valence-corrected chi connectivity index (χ1v) is 8.30. The van der Waals surface area contributed by atoms with E-state index >= 15 is 0 Å². The minimum atomic E-state index is -1.44. The summed E-state index contributed by atoms with van der Waals surface area (Å²) in [6.07, 6.45) is -1.14. The Bertz CT molecular complexity index is 622. The Morgan fingerprint density at radius 2 is 1.46 bits per heavy atom. The highest BCUT2D eigenvalue weighted by Gasteiger charge is 2.24. The topological polar surface area (TPSA) is 231 Å². The standard InChI is InChI=1S/C15H25N5O8/c1-7(16)13(25)20-8(2-4-10(17)21)14(26)18-6-11(22)19-9(15(27)28)3-5-12(23)24/h7-9H,2-6,16H2,1H3,(H2,17,21)(H,18,26)(H,19,22)(H,20,25)(H,23,24)(H,27,28). The zero-order valence-electron chi connectivity index (χ0n) is 15.3. The second-order valence-corrected chi connectivity index (χ2v) is 5.96. The van der Waals surface area contributed by atoms with Gasteiger partial charge in [-0.2, -0.15) is 0 Å². The number of carbonyl (C=O) groups is 6. The summed E-state index contributed by atoms with van der Waals surface area (Å²) in [7, 11) is 0. The number of nitrogens with one attached hydrogen (secondary N) is 3. The zero-order valence-corrected chi connectivity index (χ0v) is 15.3. The number of rotatable bonds is 13. The monoisotopic (exact) mass is 403 g/mol. The smallest absolute Gasteiger partial charge is 0.326 e. The van der Waals surface area contributed by atoms with Gasteiger partial charge < -0.3 is 37.6 Å². The van der Waals surface area contributed by atoms with Crippen molar-refractivity contribution in [2.75, 3.05) is 6.54 Å². The van der Waals surface area contributed by atoms with Crippen LogP contribution in [0.2, 0.25) is 0 Å². The number of primary amides is 1. The predicted molar refractivity (Wildman–Crippen MR) is 93.5 cm³/mol. The van der Waals surface area contributed by atoms with Crippen LogP contribution in [0.4, 0.5) is 0 Å². The Kier molecular flexibility index (Phi) is 10.8. The average molecular weight is 403 g/mol. The molecule has 0 radical (unpaired) electrons. The van der Waals surface area contributed by atoms with Crippen LogP contribution >= 0.6 is 0 Å². The van der Waals surface area contributed by atoms with E-state index in [0.717, 1.165) is 0 Å². The van der Waals surface area contributed by atoms with E-state index in [1.807, 2.05) is 0 Å². The first kappa shape index (κ1) is 24.8. The van der Waals surface area contributed by atoms with Crippen LogP contribution in [-0.4, -0.2) is 70.5 Å². The molecule has 0 aliphatic heterocycles. The molecule has 0 fully saturated rings. The Labute approximate surface area is 160 Å². The summed E-state index contributed by atoms with van der Waals surface area (Å²) < 4.78 is 0. The summed E-state index contributed by atoms with van der Waals surface area (Å²) >= 11 is 0. The van der Waals surface area contributed by atoms with Crippen LogP contribution in [0.5, 0.6) is 0 Å². The summed E-state index contributed by atoms with van der Waals surface area (Å²) in [4.78, 5) is 68.1. The quantitative estimate of drug-likeness (QED) is 0.162. The van der Waals surface area contributed by atoms with E-state index in [1.54, 1.807) is 0 Å². The minimum absolute atomic E-state index is 0.127. The number of hydrogen-bond acceptors (Lipinski definition) is 7. The maximum atomic E-state index is 12.2. The van der Waals surface area contributed by atoms with Gasteiger partial charge in [0.25, 0.3) is 0 Å². The van der Waals surface area contributed by atoms with Gasteiger partial charge in [-0.15, -0.1) is 0 Å². The van der Waals surface area contributed by atoms with Gasteiger partial charge in [-0.25, -0.2) is 4.79 Å². The lowest BCUT2D eigenvalue weighted by atomic mass is 10.1. The number of carbonyl (C=O) groups excluding carboxylic acids is 4. The minimum Gasteiger partial charge on any atom is -0.481 e. The summed E-state index contributed by atoms with van der Waals surface area (Å²) in [6.45, 7) is 0.756. The highest BCUT2D eigenvalue weighted by atomic mass is 16.4. The second-order valence-electron chi connectivity index (χ2n) is 5.96. The van der Waals surface area contributed by atoms with Gasteiger partial charge in [0.1, 0.15) is 12.1 Å². The van der Waals surface area contributed by atoms with Gasteiger partial charge in [0.15, 0.2) is 0 Å². The van der Waals surface area contributed by atoms with Crippen LogP contribution in [0.25, 0.3) is 0 Å². The summed E-state index contributed by atoms with van der Waals surface area (Å²) in [5, 5.41) is 24.1. The Morgan fingerprint density at radius 3 is 1.93 bits per heavy atom. The molecule has 0 aromatic rings. The molecule has 0 saturated heterocycles. The fraction of sp³-hybridized carbons (Fsp3) is 0.600. The van der Waals surface area contributed by atoms with Crippen molar-refractivity contribution in [1.29, 1.82) is 0 Å². The molecule has 0 aromatic carbocycles. The number of carboxylic acids is 2. The first-order valence-electron chi connectivity index (χ1n) is 8.30. The van der Waals surface area contributed by atoms with Crippen LogP contribution in [0, 0.1) is 0 Å². The fourth-order valence-corrected chi connectivity index (χ4v) is 1.92. The third-order valence-corrected chi connectivity index (χ3v) is 3.43. The molecule has 0 rings (SSSR count). The van der Waals surface area contributed by atoms with Gasteiger partial charge in [0.2, 0.25) is 23.6 Å². The van der Waals surface area contributed by atoms with Crippen molar-refractivity contribution < 1.29 is 39.0 Å². The van der Waals surface area contributed by atoms with E-state index in [-0.39, 0.29) is 19.3 Å². The summed E-state index contributed by atoms with van der Waals surface area (Å²) in [6, 6.07) is -3.54. The molecular formula is C15H25N5O8. The van der Waals surface area contributed by atoms with E-state index in [2.05, 4.69) is 16.0 Å². The maximum absolute atomic E-state index is 12.2. The van der Waals surface area contributed by atoms with E-state index in [9.17, 15) is 28.8 Å². The molecule has 28 heavy (non-hydrogen) atoms. The molecule has 3 atom stereocenters. The predicted octanol–water partition coefficient (Wildman–Crippen LogP) is -3.37. The molecule has 0 aromatic heterocycles. The van der Waals surface area contributed by atoms with E-state index in [4.69, 9.17) is 21.7 Å². The van der Waals surface area contributed by atoms with Crippen LogP contribution < -0.4 is 27.4 Å². The molecular weight excluding hydrogens is 378 g/mol. The average Bonchev–Trinajstić information content (AvgIpc) is 2.58. The molecule has 13 heteroatoms. The summed E-state index contributed by atoms with van der Waals surface area (Å²) in [5.41, 5.74) is 10.4. The molecule has 0 heterocycles. The number of amides is 4. The van der Waals surface area contributed by atoms with Crippen molar-refractivity contribution in [2.45, 2.75) is 50.7 Å². The van der Waals surface area contributed by atoms with Crippen molar-refractivity contribution in [3.05, 3.63) is 0 Å². The SMILES string of the molecule is CC(N)C(=O)NC(CCC(N)=O)C(=O)NCC(=O)NC(CCC(=O)O)C(=O)O. The van der Waals surface area contributed by atoms with Crippen molar-refractivity contribution in [3.8, 4) is 0 Å². The molecule has 158 valence electrons. The first-order chi connectivity index (χ1) is 12.9. The molecule has 4 amide bonds. The largest absolute Gasteiger partial charge is 0.481 e. The van der Waals surface area contributed by atoms with Crippen LogP contribution in [0.1, 0.15) is 32.6 Å². The van der Waals surface area contributed by atoms with Gasteiger partial charge in [0.05, 0.1) is 12.6 Å². The molecule has 9 N–H and O–H groups in total. The molecule has 13 nitrogen and oxygen atoms in total. The van der Waals surface area contributed by atoms with Gasteiger partial charge in [-0.05, 0) is 19.8 Å². The lowest BCUT2D eigenvalue weighted by Crippen LogP contribution is -2.53. The Morgan fingerprint density at radius 1 is 0.893 bits per heavy atom. The number of aliphatic carboxylic acids is 2. The number of hydrogen-bond donors (Lipinski definition) is 7. The van der Waals surface area contributed by atoms with Crippen molar-refractivity contribution in [1.82, 2.24) is 16.0 Å². The van der Waals surface area contributed by atoms with Gasteiger partial charge >= 0.3 is 11.9 Å². The third-order valence-electron chi connectivity index (χ3n) is 3.43. The van der Waals surface area contributed by atoms with Crippen molar-refractivity contribution >= 4 is 35.6 Å². The van der Waals surface area contributed by atoms with E-state index in [1.165, 1.54) is 6.92 Å². The molecule has 0 spiro atoms. The van der Waals surface area contributed by atoms with Crippen LogP contribution in [-0.2, 0) is 28.8 Å². The van der Waals surface area contributed by atoms with Crippen molar-refractivity contribution in [2.24, 2.45) is 11.5 Å². The van der Waals surface area contributed by atoms with Crippen LogP contribution in [0.3, 0.4) is 0 Å². The Hall–Kier alpha value is -3.22. The highest BCUT2D eigenvalue weighted by Crippen LogP contribution is 2.00. The van der Waals surface area contributed by atoms with Crippen molar-refractivity contribution in [3.63, 3.8) is 0 Å². The lowest BCUT2D eigenvalue weighted by molar-refractivity contribution is -0.143. The van der Waals surface area contributed by atoms with Gasteiger partial charge in [0, 0.05) is 12.8 Å². The highest BCUT2D eigenvalue weighted by molar-refractivity contribution is 5.92. The van der Waals surface area contributed by atoms with Gasteiger partial charge in [-0.1, -0.05) is 0 Å². The normalized spacial score (nSPS) is 13.5. The lowest BCUT2D eigenvalue weighted by Gasteiger charge is -2.19. The summed E-state index contributed by atoms with van der Waals surface area (Å²) in [5.74, 6) is -5.69. The molecule has 0 aliphatic rings. The fourth-order valence-electron chi connectivity index (χ4n) is 1.92. The Balaban J connectivity index is 4.76. The maximum Gasteiger partial charge on any atom is 0.326 e. The molecule has 0 saturated carbocycles. The van der Waals surface area contributed by atoms with E-state index in [0.29, 0.717) is 0 Å². The number of carboxylic acid groups (broad SMARTS) is 2. The number of nitrogens with two attached hydrogens (primary N) is 2. The van der Waals surface area contributed by atoms with E-state index < -0.39 is 66.7 Å². The molecule has 3 unspecified atom stereocenters. The third kappa shape index (κ3) is 10.7. The van der Waals surface area contributed by atoms with Gasteiger partial charge in [-0.3, -0.25) is 24.0 Å². The van der Waals surface area contributed by atoms with Crippen LogP contribution in [0.15, 0.2) is 0 Å². The molecule has 0 bridgehead atoms. The molecule has 0 aliphatic carbocycles. The zero-order chi connectivity index (χ0) is 21.9.